The van der Waals surface area contributed by atoms with Gasteiger partial charge in [-0.1, -0.05) is 18.0 Å². The van der Waals surface area contributed by atoms with Gasteiger partial charge in [0.1, 0.15) is 5.82 Å². The van der Waals surface area contributed by atoms with Gasteiger partial charge in [-0.3, -0.25) is 4.79 Å². The van der Waals surface area contributed by atoms with Crippen LogP contribution in [0.1, 0.15) is 25.7 Å². The average molecular weight is 411 g/mol. The van der Waals surface area contributed by atoms with Crippen molar-refractivity contribution in [1.82, 2.24) is 4.31 Å². The van der Waals surface area contributed by atoms with Crippen molar-refractivity contribution in [3.63, 3.8) is 0 Å². The fraction of sp³-hybridized carbons (Fsp3) is 0.316. The smallest absolute Gasteiger partial charge is 0.243 e. The standard InChI is InChI=1S/C19H20ClFN2O3S/c20-14-4-10-18(11-5-14)27(25,26)23-12-2-1-3-17(23)13-19(24)22-16-8-6-15(21)7-9-16/h4-11,17H,1-3,12-13H2,(H,22,24)/t17-/m1/s1. The molecule has 1 aliphatic heterocycles. The molecule has 8 heteroatoms. The maximum Gasteiger partial charge on any atom is 0.243 e. The van der Waals surface area contributed by atoms with Gasteiger partial charge in [0.25, 0.3) is 0 Å². The molecule has 144 valence electrons. The first-order chi connectivity index (χ1) is 12.9. The summed E-state index contributed by atoms with van der Waals surface area (Å²) in [4.78, 5) is 12.5. The van der Waals surface area contributed by atoms with Gasteiger partial charge in [0, 0.05) is 29.7 Å². The van der Waals surface area contributed by atoms with Crippen LogP contribution in [0.15, 0.2) is 53.4 Å². The molecule has 0 bridgehead atoms. The van der Waals surface area contributed by atoms with Gasteiger partial charge in [-0.15, -0.1) is 0 Å². The Kier molecular flexibility index (Phi) is 6.14. The van der Waals surface area contributed by atoms with Gasteiger partial charge in [0.05, 0.1) is 4.90 Å². The number of piperidine rings is 1. The zero-order valence-corrected chi connectivity index (χ0v) is 16.1. The average Bonchev–Trinajstić information content (AvgIpc) is 2.64. The maximum atomic E-state index is 13.0. The van der Waals surface area contributed by atoms with Crippen LogP contribution in [-0.2, 0) is 14.8 Å². The van der Waals surface area contributed by atoms with Crippen LogP contribution >= 0.6 is 11.6 Å². The van der Waals surface area contributed by atoms with Crippen LogP contribution in [0.4, 0.5) is 10.1 Å². The summed E-state index contributed by atoms with van der Waals surface area (Å²) in [7, 11) is -3.71. The van der Waals surface area contributed by atoms with Gasteiger partial charge in [-0.25, -0.2) is 12.8 Å². The highest BCUT2D eigenvalue weighted by Crippen LogP contribution is 2.28. The van der Waals surface area contributed by atoms with E-state index in [0.29, 0.717) is 23.7 Å². The second-order valence-corrected chi connectivity index (χ2v) is 8.81. The van der Waals surface area contributed by atoms with E-state index < -0.39 is 16.1 Å². The molecule has 2 aromatic carbocycles. The molecule has 0 saturated carbocycles. The highest BCUT2D eigenvalue weighted by atomic mass is 35.5. The number of anilines is 1. The van der Waals surface area contributed by atoms with E-state index in [0.717, 1.165) is 12.8 Å². The zero-order chi connectivity index (χ0) is 19.4. The van der Waals surface area contributed by atoms with Crippen molar-refractivity contribution in [1.29, 1.82) is 0 Å². The second-order valence-electron chi connectivity index (χ2n) is 6.48. The Hall–Kier alpha value is -1.96. The fourth-order valence-corrected chi connectivity index (χ4v) is 5.01. The molecule has 1 fully saturated rings. The first-order valence-corrected chi connectivity index (χ1v) is 10.5. The van der Waals surface area contributed by atoms with Crippen LogP contribution in [-0.4, -0.2) is 31.2 Å². The lowest BCUT2D eigenvalue weighted by atomic mass is 10.0. The molecule has 0 aromatic heterocycles. The Labute approximate surface area is 163 Å². The predicted octanol–water partition coefficient (Wildman–Crippen LogP) is 4.05. The lowest BCUT2D eigenvalue weighted by Crippen LogP contribution is -2.45. The molecule has 1 N–H and O–H groups in total. The summed E-state index contributed by atoms with van der Waals surface area (Å²) in [5.41, 5.74) is 0.476. The van der Waals surface area contributed by atoms with E-state index in [9.17, 15) is 17.6 Å². The number of carbonyl (C=O) groups is 1. The number of nitrogens with one attached hydrogen (secondary N) is 1. The quantitative estimate of drug-likeness (QED) is 0.808. The minimum absolute atomic E-state index is 0.0458. The molecular weight excluding hydrogens is 391 g/mol. The second kappa shape index (κ2) is 8.37. The number of sulfonamides is 1. The van der Waals surface area contributed by atoms with Crippen LogP contribution < -0.4 is 5.32 Å². The number of amides is 1. The largest absolute Gasteiger partial charge is 0.326 e. The fourth-order valence-electron chi connectivity index (χ4n) is 3.20. The normalized spacial score (nSPS) is 18.2. The van der Waals surface area contributed by atoms with Crippen molar-refractivity contribution in [2.75, 3.05) is 11.9 Å². The van der Waals surface area contributed by atoms with Crippen LogP contribution in [0.2, 0.25) is 5.02 Å². The SMILES string of the molecule is O=C(C[C@H]1CCCCN1S(=O)(=O)c1ccc(Cl)cc1)Nc1ccc(F)cc1. The molecule has 0 aliphatic carbocycles. The number of hydrogen-bond acceptors (Lipinski definition) is 3. The molecule has 2 aromatic rings. The van der Waals surface area contributed by atoms with Crippen molar-refractivity contribution in [3.05, 3.63) is 59.4 Å². The molecule has 3 rings (SSSR count). The zero-order valence-electron chi connectivity index (χ0n) is 14.6. The monoisotopic (exact) mass is 410 g/mol. The summed E-state index contributed by atoms with van der Waals surface area (Å²) in [5, 5.41) is 3.15. The number of rotatable bonds is 5. The number of nitrogens with zero attached hydrogens (tertiary/aromatic N) is 1. The summed E-state index contributed by atoms with van der Waals surface area (Å²) >= 11 is 5.85. The number of halogens is 2. The summed E-state index contributed by atoms with van der Waals surface area (Å²) in [6.07, 6.45) is 2.28. The topological polar surface area (TPSA) is 66.5 Å². The molecule has 1 heterocycles. The molecule has 1 amide bonds. The van der Waals surface area contributed by atoms with Gasteiger partial charge in [0.2, 0.25) is 15.9 Å². The van der Waals surface area contributed by atoms with Crippen molar-refractivity contribution < 1.29 is 17.6 Å². The van der Waals surface area contributed by atoms with E-state index in [2.05, 4.69) is 5.32 Å². The summed E-state index contributed by atoms with van der Waals surface area (Å²) in [6.45, 7) is 0.374. The van der Waals surface area contributed by atoms with Crippen molar-refractivity contribution >= 4 is 33.2 Å². The van der Waals surface area contributed by atoms with E-state index in [-0.39, 0.29) is 23.0 Å². The molecular formula is C19H20ClFN2O3S. The minimum atomic E-state index is -3.71. The van der Waals surface area contributed by atoms with E-state index >= 15 is 0 Å². The lowest BCUT2D eigenvalue weighted by molar-refractivity contribution is -0.117. The van der Waals surface area contributed by atoms with Crippen LogP contribution in [0.25, 0.3) is 0 Å². The Balaban J connectivity index is 1.73. The first kappa shape index (κ1) is 19.8. The summed E-state index contributed by atoms with van der Waals surface area (Å²) < 4.78 is 40.4. The molecule has 0 spiro atoms. The van der Waals surface area contributed by atoms with Gasteiger partial charge in [-0.2, -0.15) is 4.31 Å². The van der Waals surface area contributed by atoms with E-state index in [4.69, 9.17) is 11.6 Å². The number of hydrogen-bond donors (Lipinski definition) is 1. The Morgan fingerprint density at radius 2 is 1.78 bits per heavy atom. The van der Waals surface area contributed by atoms with Crippen molar-refractivity contribution in [2.24, 2.45) is 0 Å². The molecule has 0 unspecified atom stereocenters. The highest BCUT2D eigenvalue weighted by Gasteiger charge is 2.34. The summed E-state index contributed by atoms with van der Waals surface area (Å²) in [6, 6.07) is 11.1. The third-order valence-electron chi connectivity index (χ3n) is 4.54. The molecule has 5 nitrogen and oxygen atoms in total. The third-order valence-corrected chi connectivity index (χ3v) is 6.76. The predicted molar refractivity (Wildman–Crippen MR) is 103 cm³/mol. The molecule has 1 atom stereocenters. The Morgan fingerprint density at radius 1 is 1.11 bits per heavy atom. The highest BCUT2D eigenvalue weighted by molar-refractivity contribution is 7.89. The van der Waals surface area contributed by atoms with Crippen molar-refractivity contribution in [2.45, 2.75) is 36.6 Å². The van der Waals surface area contributed by atoms with Crippen LogP contribution in [0.3, 0.4) is 0 Å². The summed E-state index contributed by atoms with van der Waals surface area (Å²) in [5.74, 6) is -0.690. The lowest BCUT2D eigenvalue weighted by Gasteiger charge is -2.34. The third kappa shape index (κ3) is 4.86. The first-order valence-electron chi connectivity index (χ1n) is 8.69. The van der Waals surface area contributed by atoms with Gasteiger partial charge in [-0.05, 0) is 61.4 Å². The molecule has 0 radical (unpaired) electrons. The van der Waals surface area contributed by atoms with Crippen LogP contribution in [0, 0.1) is 5.82 Å². The molecule has 1 saturated heterocycles. The van der Waals surface area contributed by atoms with E-state index in [1.165, 1.54) is 52.8 Å². The van der Waals surface area contributed by atoms with E-state index in [1.807, 2.05) is 0 Å². The molecule has 27 heavy (non-hydrogen) atoms. The minimum Gasteiger partial charge on any atom is -0.326 e. The number of benzene rings is 2. The van der Waals surface area contributed by atoms with E-state index in [1.54, 1.807) is 0 Å². The Bertz CT molecular complexity index is 902. The van der Waals surface area contributed by atoms with Crippen LogP contribution in [0.5, 0.6) is 0 Å². The molecule has 1 aliphatic rings. The van der Waals surface area contributed by atoms with Crippen molar-refractivity contribution in [3.8, 4) is 0 Å². The number of carbonyl (C=O) groups excluding carboxylic acids is 1. The van der Waals surface area contributed by atoms with Gasteiger partial charge >= 0.3 is 0 Å². The Morgan fingerprint density at radius 3 is 2.44 bits per heavy atom. The van der Waals surface area contributed by atoms with Gasteiger partial charge in [0.15, 0.2) is 0 Å². The van der Waals surface area contributed by atoms with Gasteiger partial charge < -0.3 is 5.32 Å². The maximum absolute atomic E-state index is 13.0.